The summed E-state index contributed by atoms with van der Waals surface area (Å²) >= 11 is 25.1. The Balaban J connectivity index is 4.40. The van der Waals surface area contributed by atoms with Gasteiger partial charge in [-0.05, 0) is 11.6 Å². The van der Waals surface area contributed by atoms with Crippen LogP contribution in [-0.4, -0.2) is 3.79 Å². The largest absolute Gasteiger partial charge is 0.230 e. The van der Waals surface area contributed by atoms with Crippen LogP contribution in [0.5, 0.6) is 0 Å². The average molecular weight is 232 g/mol. The van der Waals surface area contributed by atoms with Gasteiger partial charge in [0.25, 0.3) is 0 Å². The monoisotopic (exact) mass is 230 g/mol. The van der Waals surface area contributed by atoms with Gasteiger partial charge in [0.1, 0.15) is 5.03 Å². The lowest BCUT2D eigenvalue weighted by molar-refractivity contribution is 0.687. The van der Waals surface area contributed by atoms with Gasteiger partial charge in [0.05, 0.1) is 0 Å². The molecule has 0 aliphatic carbocycles. The van der Waals surface area contributed by atoms with Gasteiger partial charge >= 0.3 is 0 Å². The third kappa shape index (κ3) is 3.74. The molecule has 0 amide bonds. The lowest BCUT2D eigenvalue weighted by atomic mass is 10.7. The molecule has 0 saturated carbocycles. The van der Waals surface area contributed by atoms with E-state index in [1.165, 1.54) is 0 Å². The summed E-state index contributed by atoms with van der Waals surface area (Å²) in [4.78, 5) is 0. The Morgan fingerprint density at radius 1 is 1.11 bits per heavy atom. The van der Waals surface area contributed by atoms with Crippen molar-refractivity contribution in [2.24, 2.45) is 0 Å². The summed E-state index contributed by atoms with van der Waals surface area (Å²) in [6, 6.07) is 0. The van der Waals surface area contributed by atoms with Crippen LogP contribution < -0.4 is 0 Å². The smallest absolute Gasteiger partial charge is 0.192 e. The van der Waals surface area contributed by atoms with E-state index in [0.29, 0.717) is 0 Å². The van der Waals surface area contributed by atoms with Gasteiger partial charge in [0.2, 0.25) is 9.08 Å². The molecule has 0 N–H and O–H groups in total. The maximum atomic E-state index is 11.9. The van der Waals surface area contributed by atoms with Crippen molar-refractivity contribution in [3.63, 3.8) is 0 Å². The molecular weight excluding hydrogens is 232 g/mol. The minimum absolute atomic E-state index is 0.630. The molecule has 0 aliphatic heterocycles. The van der Waals surface area contributed by atoms with E-state index in [-0.39, 0.29) is 0 Å². The van der Waals surface area contributed by atoms with Gasteiger partial charge in [-0.25, -0.2) is 0 Å². The maximum Gasteiger partial charge on any atom is 0.230 e. The standard InChI is InChI=1S/C3Cl5F/c4-1(2(5)9)3(6,7)8. The molecule has 0 spiro atoms. The molecule has 0 nitrogen and oxygen atoms in total. The first-order chi connectivity index (χ1) is 3.85. The number of halogens is 6. The van der Waals surface area contributed by atoms with Gasteiger partial charge in [0, 0.05) is 0 Å². The zero-order valence-corrected chi connectivity index (χ0v) is 7.55. The van der Waals surface area contributed by atoms with E-state index in [1.807, 2.05) is 0 Å². The molecule has 54 valence electrons. The van der Waals surface area contributed by atoms with Crippen molar-refractivity contribution in [3.05, 3.63) is 10.3 Å². The zero-order valence-electron chi connectivity index (χ0n) is 3.77. The van der Waals surface area contributed by atoms with Crippen LogP contribution in [0, 0.1) is 0 Å². The lowest BCUT2D eigenvalue weighted by Gasteiger charge is -2.06. The lowest BCUT2D eigenvalue weighted by Crippen LogP contribution is -2.01. The molecule has 0 heterocycles. The van der Waals surface area contributed by atoms with Gasteiger partial charge in [0.15, 0.2) is 0 Å². The number of hydrogen-bond donors (Lipinski definition) is 0. The number of allylic oxidation sites excluding steroid dienone is 1. The predicted molar refractivity (Wildman–Crippen MR) is 40.1 cm³/mol. The summed E-state index contributed by atoms with van der Waals surface area (Å²) in [6.45, 7) is 0. The second kappa shape index (κ2) is 3.49. The Hall–Kier alpha value is 1.12. The highest BCUT2D eigenvalue weighted by Gasteiger charge is 2.27. The van der Waals surface area contributed by atoms with E-state index < -0.39 is 14.1 Å². The number of rotatable bonds is 0. The minimum atomic E-state index is -1.96. The summed E-state index contributed by atoms with van der Waals surface area (Å²) in [5.41, 5.74) is 0. The third-order valence-electron chi connectivity index (χ3n) is 0.415. The van der Waals surface area contributed by atoms with Crippen molar-refractivity contribution in [2.75, 3.05) is 0 Å². The Bertz CT molecular complexity index is 130. The Kier molecular flexibility index (Phi) is 3.93. The first kappa shape index (κ1) is 10.1. The van der Waals surface area contributed by atoms with Crippen molar-refractivity contribution < 1.29 is 4.39 Å². The van der Waals surface area contributed by atoms with Crippen molar-refractivity contribution in [2.45, 2.75) is 3.79 Å². The molecule has 0 unspecified atom stereocenters. The highest BCUT2D eigenvalue weighted by molar-refractivity contribution is 6.73. The summed E-state index contributed by atoms with van der Waals surface area (Å²) in [7, 11) is 0. The molecule has 0 fully saturated rings. The van der Waals surface area contributed by atoms with Crippen LogP contribution in [0.2, 0.25) is 0 Å². The Morgan fingerprint density at radius 3 is 1.44 bits per heavy atom. The molecule has 0 rings (SSSR count). The molecule has 9 heavy (non-hydrogen) atoms. The summed E-state index contributed by atoms with van der Waals surface area (Å²) in [5, 5.41) is -1.84. The molecular formula is C3Cl5F. The van der Waals surface area contributed by atoms with Crippen LogP contribution in [0.25, 0.3) is 0 Å². The van der Waals surface area contributed by atoms with Gasteiger partial charge in [-0.1, -0.05) is 46.4 Å². The zero-order chi connectivity index (χ0) is 7.65. The quantitative estimate of drug-likeness (QED) is 0.554. The fourth-order valence-electron chi connectivity index (χ4n) is 0.107. The average Bonchev–Trinajstić information content (AvgIpc) is 1.62. The van der Waals surface area contributed by atoms with E-state index >= 15 is 0 Å². The summed E-state index contributed by atoms with van der Waals surface area (Å²) in [5.74, 6) is 0. The van der Waals surface area contributed by atoms with Crippen LogP contribution in [0.3, 0.4) is 0 Å². The number of hydrogen-bond acceptors (Lipinski definition) is 0. The molecule has 0 aromatic heterocycles. The summed E-state index contributed by atoms with van der Waals surface area (Å²) < 4.78 is 9.89. The van der Waals surface area contributed by atoms with Gasteiger partial charge in [-0.2, -0.15) is 4.39 Å². The first-order valence-corrected chi connectivity index (χ1v) is 3.52. The van der Waals surface area contributed by atoms with E-state index in [2.05, 4.69) is 0 Å². The molecule has 0 aliphatic rings. The van der Waals surface area contributed by atoms with E-state index in [1.54, 1.807) is 0 Å². The van der Waals surface area contributed by atoms with E-state index in [0.717, 1.165) is 0 Å². The van der Waals surface area contributed by atoms with Crippen molar-refractivity contribution >= 4 is 58.0 Å². The first-order valence-electron chi connectivity index (χ1n) is 1.63. The molecule has 6 heteroatoms. The van der Waals surface area contributed by atoms with Crippen molar-refractivity contribution in [3.8, 4) is 0 Å². The van der Waals surface area contributed by atoms with Crippen LogP contribution in [-0.2, 0) is 0 Å². The SMILES string of the molecule is FC(Cl)=C(Cl)C(Cl)(Cl)Cl. The Morgan fingerprint density at radius 2 is 1.44 bits per heavy atom. The number of alkyl halides is 3. The van der Waals surface area contributed by atoms with Crippen LogP contribution >= 0.6 is 58.0 Å². The highest BCUT2D eigenvalue weighted by atomic mass is 35.6. The maximum absolute atomic E-state index is 11.9. The normalized spacial score (nSPS) is 15.3. The predicted octanol–water partition coefficient (Wildman–Crippen LogP) is 3.97. The second-order valence-corrected chi connectivity index (χ2v) is 4.06. The fourth-order valence-corrected chi connectivity index (χ4v) is 0.643. The Labute approximate surface area is 76.5 Å². The van der Waals surface area contributed by atoms with E-state index in [4.69, 9.17) is 58.0 Å². The van der Waals surface area contributed by atoms with Gasteiger partial charge < -0.3 is 0 Å². The molecule has 0 radical (unpaired) electrons. The molecule has 0 bridgehead atoms. The highest BCUT2D eigenvalue weighted by Crippen LogP contribution is 2.39. The summed E-state index contributed by atoms with van der Waals surface area (Å²) in [6.07, 6.45) is 0. The van der Waals surface area contributed by atoms with Crippen LogP contribution in [0.1, 0.15) is 0 Å². The van der Waals surface area contributed by atoms with Gasteiger partial charge in [-0.3, -0.25) is 0 Å². The topological polar surface area (TPSA) is 0 Å². The van der Waals surface area contributed by atoms with Crippen molar-refractivity contribution in [1.82, 2.24) is 0 Å². The van der Waals surface area contributed by atoms with Crippen LogP contribution in [0.15, 0.2) is 10.3 Å². The molecule has 0 atom stereocenters. The third-order valence-corrected chi connectivity index (χ3v) is 2.01. The molecule has 0 aromatic rings. The molecule has 0 aromatic carbocycles. The van der Waals surface area contributed by atoms with Crippen LogP contribution in [0.4, 0.5) is 4.39 Å². The van der Waals surface area contributed by atoms with E-state index in [9.17, 15) is 4.39 Å². The molecule has 0 saturated heterocycles. The van der Waals surface area contributed by atoms with Crippen molar-refractivity contribution in [1.29, 1.82) is 0 Å². The minimum Gasteiger partial charge on any atom is -0.192 e. The van der Waals surface area contributed by atoms with Gasteiger partial charge in [-0.15, -0.1) is 0 Å². The second-order valence-electron chi connectivity index (χ2n) is 1.07. The fraction of sp³-hybridized carbons (Fsp3) is 0.333.